The fraction of sp³-hybridized carbons (Fsp3) is 0.645. The Morgan fingerprint density at radius 1 is 1.14 bits per heavy atom. The van der Waals surface area contributed by atoms with E-state index < -0.39 is 27.0 Å². The Bertz CT molecular complexity index is 1460. The normalized spacial score (nSPS) is 25.1. The molecule has 2 aliphatic carbocycles. The maximum absolute atomic E-state index is 15.6. The van der Waals surface area contributed by atoms with Crippen LogP contribution < -0.4 is 11.1 Å². The molecule has 42 heavy (non-hydrogen) atoms. The molecular formula is C31H43FN4O5S. The largest absolute Gasteiger partial charge is 0.382 e. The van der Waals surface area contributed by atoms with Crippen LogP contribution in [0.3, 0.4) is 0 Å². The molecule has 9 nitrogen and oxygen atoms in total. The molecule has 0 unspecified atom stereocenters. The summed E-state index contributed by atoms with van der Waals surface area (Å²) in [5, 5.41) is 3.43. The van der Waals surface area contributed by atoms with Gasteiger partial charge in [-0.15, -0.1) is 0 Å². The maximum atomic E-state index is 15.6. The Morgan fingerprint density at radius 3 is 2.60 bits per heavy atom. The molecule has 1 saturated heterocycles. The van der Waals surface area contributed by atoms with Crippen LogP contribution in [-0.4, -0.2) is 81.1 Å². The monoisotopic (exact) mass is 602 g/mol. The summed E-state index contributed by atoms with van der Waals surface area (Å²) < 4.78 is 56.0. The van der Waals surface area contributed by atoms with Crippen LogP contribution in [0.4, 0.5) is 10.1 Å². The Hall–Kier alpha value is -2.47. The van der Waals surface area contributed by atoms with Crippen LogP contribution >= 0.6 is 0 Å². The van der Waals surface area contributed by atoms with Crippen LogP contribution in [0.25, 0.3) is 5.69 Å². The predicted molar refractivity (Wildman–Crippen MR) is 159 cm³/mol. The number of rotatable bonds is 8. The van der Waals surface area contributed by atoms with Gasteiger partial charge in [0.1, 0.15) is 5.82 Å². The number of primary amides is 1. The van der Waals surface area contributed by atoms with Gasteiger partial charge >= 0.3 is 0 Å². The molecule has 2 fully saturated rings. The maximum Gasteiger partial charge on any atom is 0.253 e. The number of nitrogens with two attached hydrogens (primary N) is 1. The zero-order valence-corrected chi connectivity index (χ0v) is 25.5. The highest BCUT2D eigenvalue weighted by Crippen LogP contribution is 2.45. The van der Waals surface area contributed by atoms with Crippen molar-refractivity contribution in [2.24, 2.45) is 11.1 Å². The van der Waals surface area contributed by atoms with Crippen molar-refractivity contribution >= 4 is 21.4 Å². The number of nitrogens with zero attached hydrogens (tertiary/aromatic N) is 2. The topological polar surface area (TPSA) is 116 Å². The van der Waals surface area contributed by atoms with Crippen molar-refractivity contribution in [2.45, 2.75) is 82.3 Å². The fourth-order valence-corrected chi connectivity index (χ4v) is 9.83. The molecule has 0 bridgehead atoms. The van der Waals surface area contributed by atoms with Crippen LogP contribution in [0.5, 0.6) is 0 Å². The van der Waals surface area contributed by atoms with Crippen LogP contribution in [0.1, 0.15) is 73.3 Å². The molecule has 230 valence electrons. The minimum absolute atomic E-state index is 0.0421. The number of benzene rings is 1. The Balaban J connectivity index is 1.23. The van der Waals surface area contributed by atoms with Crippen molar-refractivity contribution in [3.8, 4) is 5.69 Å². The molecule has 3 heterocycles. The second kappa shape index (κ2) is 11.6. The van der Waals surface area contributed by atoms with Crippen LogP contribution in [0.15, 0.2) is 17.0 Å². The van der Waals surface area contributed by atoms with Crippen molar-refractivity contribution in [3.63, 3.8) is 0 Å². The van der Waals surface area contributed by atoms with E-state index in [0.29, 0.717) is 35.7 Å². The van der Waals surface area contributed by atoms with Gasteiger partial charge in [0.2, 0.25) is 0 Å². The van der Waals surface area contributed by atoms with Gasteiger partial charge in [-0.05, 0) is 74.5 Å². The highest BCUT2D eigenvalue weighted by atomic mass is 32.2. The molecule has 1 amide bonds. The summed E-state index contributed by atoms with van der Waals surface area (Å²) in [4.78, 5) is 15.2. The second-order valence-corrected chi connectivity index (χ2v) is 15.1. The van der Waals surface area contributed by atoms with Crippen molar-refractivity contribution in [1.82, 2.24) is 9.47 Å². The quantitative estimate of drug-likeness (QED) is 0.474. The zero-order valence-electron chi connectivity index (χ0n) is 24.7. The molecule has 2 aliphatic heterocycles. The lowest BCUT2D eigenvalue weighted by atomic mass is 9.89. The number of hydrogen-bond donors (Lipinski definition) is 2. The van der Waals surface area contributed by atoms with E-state index in [9.17, 15) is 13.2 Å². The second-order valence-electron chi connectivity index (χ2n) is 13.1. The summed E-state index contributed by atoms with van der Waals surface area (Å²) in [6.45, 7) is 8.96. The van der Waals surface area contributed by atoms with Gasteiger partial charge in [0.15, 0.2) is 9.84 Å². The average Bonchev–Trinajstić information content (AvgIpc) is 3.49. The number of aromatic nitrogens is 1. The lowest BCUT2D eigenvalue weighted by molar-refractivity contribution is -0.00919. The van der Waals surface area contributed by atoms with Crippen molar-refractivity contribution in [2.75, 3.05) is 50.5 Å². The molecule has 4 aliphatic rings. The van der Waals surface area contributed by atoms with Gasteiger partial charge in [-0.1, -0.05) is 13.8 Å². The van der Waals surface area contributed by atoms with Gasteiger partial charge in [-0.3, -0.25) is 9.69 Å². The molecule has 2 aromatic rings. The summed E-state index contributed by atoms with van der Waals surface area (Å²) in [5.41, 5.74) is 8.50. The summed E-state index contributed by atoms with van der Waals surface area (Å²) in [7, 11) is -3.47. The number of amides is 1. The van der Waals surface area contributed by atoms with E-state index in [1.54, 1.807) is 6.07 Å². The van der Waals surface area contributed by atoms with Gasteiger partial charge in [0.25, 0.3) is 5.91 Å². The molecule has 0 spiro atoms. The minimum Gasteiger partial charge on any atom is -0.382 e. The smallest absolute Gasteiger partial charge is 0.253 e. The highest BCUT2D eigenvalue weighted by molar-refractivity contribution is 7.91. The summed E-state index contributed by atoms with van der Waals surface area (Å²) in [6, 6.07) is 3.15. The summed E-state index contributed by atoms with van der Waals surface area (Å²) >= 11 is 0. The number of morpholine rings is 1. The van der Waals surface area contributed by atoms with E-state index in [4.69, 9.17) is 15.2 Å². The molecule has 11 heteroatoms. The lowest BCUT2D eigenvalue weighted by Crippen LogP contribution is -2.39. The van der Waals surface area contributed by atoms with E-state index in [-0.39, 0.29) is 23.5 Å². The Labute approximate surface area is 247 Å². The SMILES string of the molecule is CC1(C)Cc2c(c3c(n2-c2cc(F)c(C(N)=O)c(N[C@H]4CC[C@H](OCCN5CCOCC5)CC4)c2)CCC3)S(=O)(=O)C1. The molecule has 0 radical (unpaired) electrons. The van der Waals surface area contributed by atoms with Crippen molar-refractivity contribution in [1.29, 1.82) is 0 Å². The van der Waals surface area contributed by atoms with Crippen LogP contribution in [0.2, 0.25) is 0 Å². The molecule has 3 N–H and O–H groups in total. The number of carbonyl (C=O) groups excluding carboxylic acids is 1. The minimum atomic E-state index is -3.47. The third-order valence-electron chi connectivity index (χ3n) is 9.28. The summed E-state index contributed by atoms with van der Waals surface area (Å²) in [6.07, 6.45) is 6.46. The number of fused-ring (bicyclic) bond motifs is 3. The van der Waals surface area contributed by atoms with Crippen LogP contribution in [-0.2, 0) is 38.6 Å². The first-order valence-electron chi connectivity index (χ1n) is 15.3. The third-order valence-corrected chi connectivity index (χ3v) is 11.5. The number of nitrogens with one attached hydrogen (secondary N) is 1. The standard InChI is InChI=1S/C31H43FN4O5S/c1-31(2)18-27-29(42(38,39)19-31)23-4-3-5-26(23)36(27)21-16-24(32)28(30(33)37)25(17-21)34-20-6-8-22(9-7-20)41-15-12-35-10-13-40-14-11-35/h16-17,20,22,34H,3-15,18-19H2,1-2H3,(H2,33,37)/t20-,22-. The first-order chi connectivity index (χ1) is 20.0. The number of anilines is 1. The number of sulfone groups is 1. The molecule has 1 saturated carbocycles. The van der Waals surface area contributed by atoms with E-state index >= 15 is 4.39 Å². The fourth-order valence-electron chi connectivity index (χ4n) is 7.44. The van der Waals surface area contributed by atoms with Gasteiger partial charge in [-0.25, -0.2) is 12.8 Å². The highest BCUT2D eigenvalue weighted by Gasteiger charge is 2.42. The summed E-state index contributed by atoms with van der Waals surface area (Å²) in [5.74, 6) is -1.43. The van der Waals surface area contributed by atoms with E-state index in [0.717, 1.165) is 88.3 Å². The van der Waals surface area contributed by atoms with Gasteiger partial charge in [0, 0.05) is 37.1 Å². The molecule has 0 atom stereocenters. The lowest BCUT2D eigenvalue weighted by Gasteiger charge is -2.32. The van der Waals surface area contributed by atoms with E-state index in [2.05, 4.69) is 10.2 Å². The number of ether oxygens (including phenoxy) is 2. The molecule has 1 aromatic carbocycles. The number of halogens is 1. The molecule has 6 rings (SSSR count). The van der Waals surface area contributed by atoms with E-state index in [1.807, 2.05) is 18.4 Å². The molecule has 1 aromatic heterocycles. The number of carbonyl (C=O) groups is 1. The Kier molecular flexibility index (Phi) is 8.14. The molecular weight excluding hydrogens is 559 g/mol. The number of hydrogen-bond acceptors (Lipinski definition) is 7. The van der Waals surface area contributed by atoms with Crippen molar-refractivity contribution in [3.05, 3.63) is 40.5 Å². The zero-order chi connectivity index (χ0) is 29.6. The van der Waals surface area contributed by atoms with E-state index in [1.165, 1.54) is 6.07 Å². The predicted octanol–water partition coefficient (Wildman–Crippen LogP) is 3.63. The third kappa shape index (κ3) is 5.85. The first kappa shape index (κ1) is 29.6. The van der Waals surface area contributed by atoms with Gasteiger partial charge in [0.05, 0.1) is 53.5 Å². The van der Waals surface area contributed by atoms with Gasteiger partial charge in [-0.2, -0.15) is 0 Å². The Morgan fingerprint density at radius 2 is 1.88 bits per heavy atom. The van der Waals surface area contributed by atoms with Crippen molar-refractivity contribution < 1.29 is 27.1 Å². The van der Waals surface area contributed by atoms with Crippen LogP contribution in [0, 0.1) is 11.2 Å². The average molecular weight is 603 g/mol. The van der Waals surface area contributed by atoms with Gasteiger partial charge < -0.3 is 25.1 Å². The first-order valence-corrected chi connectivity index (χ1v) is 17.0.